The van der Waals surface area contributed by atoms with Gasteiger partial charge in [0, 0.05) is 0 Å². The summed E-state index contributed by atoms with van der Waals surface area (Å²) in [5.74, 6) is 3.48. The minimum absolute atomic E-state index is 0.810. The van der Waals surface area contributed by atoms with Crippen LogP contribution in [0.25, 0.3) is 0 Å². The maximum atomic E-state index is 4.43. The molecule has 0 aromatic heterocycles. The van der Waals surface area contributed by atoms with Crippen molar-refractivity contribution in [2.24, 2.45) is 23.7 Å². The Hall–Kier alpha value is -0.560. The summed E-state index contributed by atoms with van der Waals surface area (Å²) < 4.78 is 0. The first-order valence-electron chi connectivity index (χ1n) is 17.3. The molecule has 0 radical (unpaired) electrons. The van der Waals surface area contributed by atoms with Crippen molar-refractivity contribution < 1.29 is 0 Å². The van der Waals surface area contributed by atoms with Gasteiger partial charge in [0.15, 0.2) is 0 Å². The molecule has 0 amide bonds. The second kappa shape index (κ2) is 26.7. The number of hydrogen-bond acceptors (Lipinski definition) is 1. The van der Waals surface area contributed by atoms with Gasteiger partial charge in [0.1, 0.15) is 0 Å². The standard InChI is InChI=1S/C37H73N/c1-9-21-34(6)22-16-12-10-14-18-24-36(26-20-31-38-8)25-19-15-11-13-17-23-35(7)28-30-37(33(4)5)29-27-32(2)3/h32-33,36-38H,6-7,9-31H2,1-5,8H3. The van der Waals surface area contributed by atoms with Crippen LogP contribution in [0.5, 0.6) is 0 Å². The average Bonchev–Trinajstić information content (AvgIpc) is 2.86. The van der Waals surface area contributed by atoms with Gasteiger partial charge in [-0.2, -0.15) is 0 Å². The lowest BCUT2D eigenvalue weighted by Crippen LogP contribution is -2.10. The molecule has 0 saturated heterocycles. The van der Waals surface area contributed by atoms with E-state index in [4.69, 9.17) is 0 Å². The minimum atomic E-state index is 0.810. The van der Waals surface area contributed by atoms with Crippen LogP contribution in [-0.2, 0) is 0 Å². The molecule has 0 aliphatic rings. The Balaban J connectivity index is 3.94. The summed E-state index contributed by atoms with van der Waals surface area (Å²) in [7, 11) is 2.09. The first-order chi connectivity index (χ1) is 18.3. The second-order valence-corrected chi connectivity index (χ2v) is 13.5. The molecule has 1 heteroatoms. The van der Waals surface area contributed by atoms with Crippen LogP contribution < -0.4 is 5.32 Å². The van der Waals surface area contributed by atoms with E-state index >= 15 is 0 Å². The lowest BCUT2D eigenvalue weighted by Gasteiger charge is -2.22. The van der Waals surface area contributed by atoms with Gasteiger partial charge in [0.25, 0.3) is 0 Å². The molecule has 2 unspecified atom stereocenters. The Kier molecular flexibility index (Phi) is 26.3. The summed E-state index contributed by atoms with van der Waals surface area (Å²) in [4.78, 5) is 0. The monoisotopic (exact) mass is 532 g/mol. The predicted octanol–water partition coefficient (Wildman–Crippen LogP) is 12.5. The number of hydrogen-bond donors (Lipinski definition) is 1. The smallest absolute Gasteiger partial charge is 0.00518 e. The lowest BCUT2D eigenvalue weighted by molar-refractivity contribution is 0.311. The quantitative estimate of drug-likeness (QED) is 0.0747. The SMILES string of the molecule is C=C(CCC)CCCCCCCC(CCCCCCCC(=C)CCC(CCC(C)C)C(C)C)CCCNC. The van der Waals surface area contributed by atoms with E-state index in [1.165, 1.54) is 159 Å². The second-order valence-electron chi connectivity index (χ2n) is 13.5. The van der Waals surface area contributed by atoms with Crippen molar-refractivity contribution in [2.45, 2.75) is 176 Å². The molecule has 0 rings (SSSR count). The third kappa shape index (κ3) is 24.5. The molecular formula is C37H73N. The van der Waals surface area contributed by atoms with Gasteiger partial charge in [-0.3, -0.25) is 0 Å². The topological polar surface area (TPSA) is 12.0 Å². The fourth-order valence-corrected chi connectivity index (χ4v) is 6.03. The van der Waals surface area contributed by atoms with E-state index in [2.05, 4.69) is 60.1 Å². The largest absolute Gasteiger partial charge is 0.320 e. The fourth-order valence-electron chi connectivity index (χ4n) is 6.03. The molecule has 0 aromatic rings. The van der Waals surface area contributed by atoms with Gasteiger partial charge in [-0.25, -0.2) is 0 Å². The minimum Gasteiger partial charge on any atom is -0.320 e. The van der Waals surface area contributed by atoms with Crippen molar-refractivity contribution in [3.8, 4) is 0 Å². The van der Waals surface area contributed by atoms with Crippen LogP contribution in [0.2, 0.25) is 0 Å². The van der Waals surface area contributed by atoms with Crippen molar-refractivity contribution in [3.63, 3.8) is 0 Å². The van der Waals surface area contributed by atoms with Crippen LogP contribution in [0.15, 0.2) is 24.3 Å². The molecule has 0 aliphatic carbocycles. The lowest BCUT2D eigenvalue weighted by atomic mass is 9.84. The van der Waals surface area contributed by atoms with E-state index in [9.17, 15) is 0 Å². The van der Waals surface area contributed by atoms with Crippen LogP contribution >= 0.6 is 0 Å². The van der Waals surface area contributed by atoms with Crippen molar-refractivity contribution in [1.29, 1.82) is 0 Å². The Labute approximate surface area is 242 Å². The molecular weight excluding hydrogens is 458 g/mol. The fraction of sp³-hybridized carbons (Fsp3) is 0.892. The highest BCUT2D eigenvalue weighted by Crippen LogP contribution is 2.28. The molecule has 38 heavy (non-hydrogen) atoms. The van der Waals surface area contributed by atoms with Gasteiger partial charge in [-0.1, -0.05) is 136 Å². The van der Waals surface area contributed by atoms with E-state index in [0.29, 0.717) is 0 Å². The summed E-state index contributed by atoms with van der Waals surface area (Å²) in [5, 5.41) is 3.35. The molecule has 0 fully saturated rings. The van der Waals surface area contributed by atoms with Gasteiger partial charge in [-0.05, 0) is 101 Å². The van der Waals surface area contributed by atoms with Crippen molar-refractivity contribution in [3.05, 3.63) is 24.3 Å². The molecule has 0 aliphatic heterocycles. The summed E-state index contributed by atoms with van der Waals surface area (Å²) in [6.45, 7) is 21.6. The third-order valence-corrected chi connectivity index (χ3v) is 8.85. The molecule has 0 heterocycles. The normalized spacial score (nSPS) is 13.4. The molecule has 226 valence electrons. The predicted molar refractivity (Wildman–Crippen MR) is 176 cm³/mol. The maximum absolute atomic E-state index is 4.43. The molecule has 2 atom stereocenters. The number of allylic oxidation sites excluding steroid dienone is 2. The average molecular weight is 532 g/mol. The van der Waals surface area contributed by atoms with E-state index in [-0.39, 0.29) is 0 Å². The third-order valence-electron chi connectivity index (χ3n) is 8.85. The van der Waals surface area contributed by atoms with Gasteiger partial charge < -0.3 is 5.32 Å². The van der Waals surface area contributed by atoms with E-state index in [1.807, 2.05) is 0 Å². The molecule has 1 N–H and O–H groups in total. The highest BCUT2D eigenvalue weighted by Gasteiger charge is 2.14. The van der Waals surface area contributed by atoms with Gasteiger partial charge in [0.2, 0.25) is 0 Å². The van der Waals surface area contributed by atoms with Gasteiger partial charge in [-0.15, -0.1) is 0 Å². The van der Waals surface area contributed by atoms with Crippen LogP contribution in [-0.4, -0.2) is 13.6 Å². The van der Waals surface area contributed by atoms with Crippen LogP contribution in [0.4, 0.5) is 0 Å². The Morgan fingerprint density at radius 3 is 1.55 bits per heavy atom. The molecule has 1 nitrogen and oxygen atoms in total. The van der Waals surface area contributed by atoms with Crippen molar-refractivity contribution in [2.75, 3.05) is 13.6 Å². The van der Waals surface area contributed by atoms with E-state index in [0.717, 1.165) is 23.7 Å². The maximum Gasteiger partial charge on any atom is -0.00518 e. The number of unbranched alkanes of at least 4 members (excludes halogenated alkanes) is 8. The zero-order chi connectivity index (χ0) is 28.4. The van der Waals surface area contributed by atoms with Crippen molar-refractivity contribution in [1.82, 2.24) is 5.32 Å². The summed E-state index contributed by atoms with van der Waals surface area (Å²) in [6.07, 6.45) is 30.2. The summed E-state index contributed by atoms with van der Waals surface area (Å²) in [5.41, 5.74) is 2.98. The summed E-state index contributed by atoms with van der Waals surface area (Å²) >= 11 is 0. The summed E-state index contributed by atoms with van der Waals surface area (Å²) in [6, 6.07) is 0. The number of rotatable bonds is 29. The van der Waals surface area contributed by atoms with Gasteiger partial charge >= 0.3 is 0 Å². The zero-order valence-corrected chi connectivity index (χ0v) is 27.5. The zero-order valence-electron chi connectivity index (χ0n) is 27.5. The Bertz CT molecular complexity index is 531. The van der Waals surface area contributed by atoms with Crippen LogP contribution in [0, 0.1) is 23.7 Å². The van der Waals surface area contributed by atoms with E-state index < -0.39 is 0 Å². The van der Waals surface area contributed by atoms with Crippen LogP contribution in [0.1, 0.15) is 176 Å². The molecule has 0 aromatic carbocycles. The first kappa shape index (κ1) is 37.4. The Morgan fingerprint density at radius 2 is 1.05 bits per heavy atom. The molecule has 0 bridgehead atoms. The van der Waals surface area contributed by atoms with Crippen molar-refractivity contribution >= 4 is 0 Å². The van der Waals surface area contributed by atoms with Crippen LogP contribution in [0.3, 0.4) is 0 Å². The first-order valence-corrected chi connectivity index (χ1v) is 17.3. The number of nitrogens with one attached hydrogen (secondary N) is 1. The highest BCUT2D eigenvalue weighted by molar-refractivity contribution is 4.94. The Morgan fingerprint density at radius 1 is 0.553 bits per heavy atom. The highest BCUT2D eigenvalue weighted by atomic mass is 14.8. The van der Waals surface area contributed by atoms with E-state index in [1.54, 1.807) is 0 Å². The molecule has 0 spiro atoms. The van der Waals surface area contributed by atoms with Gasteiger partial charge in [0.05, 0.1) is 0 Å². The molecule has 0 saturated carbocycles.